The molecule has 0 aromatic heterocycles. The third-order valence-electron chi connectivity index (χ3n) is 4.75. The second-order valence-electron chi connectivity index (χ2n) is 6.20. The Morgan fingerprint density at radius 1 is 1.35 bits per heavy atom. The zero-order valence-corrected chi connectivity index (χ0v) is 11.5. The van der Waals surface area contributed by atoms with Gasteiger partial charge in [0.05, 0.1) is 5.41 Å². The number of nitrogens with one attached hydrogen (secondary N) is 1. The van der Waals surface area contributed by atoms with E-state index in [1.165, 1.54) is 12.8 Å². The number of likely N-dealkylation sites (tertiary alicyclic amines) is 1. The Balaban J connectivity index is 2.07. The van der Waals surface area contributed by atoms with Gasteiger partial charge in [0, 0.05) is 19.1 Å². The third-order valence-corrected chi connectivity index (χ3v) is 4.75. The molecule has 0 saturated carbocycles. The molecule has 0 aliphatic carbocycles. The van der Waals surface area contributed by atoms with Crippen LogP contribution in [0.15, 0.2) is 0 Å². The van der Waals surface area contributed by atoms with Crippen LogP contribution in [-0.2, 0) is 4.79 Å². The summed E-state index contributed by atoms with van der Waals surface area (Å²) >= 11 is 0. The molecule has 3 unspecified atom stereocenters. The van der Waals surface area contributed by atoms with Crippen LogP contribution in [0.1, 0.15) is 46.5 Å². The quantitative estimate of drug-likeness (QED) is 0.758. The summed E-state index contributed by atoms with van der Waals surface area (Å²) in [6.45, 7) is 9.48. The van der Waals surface area contributed by atoms with Crippen molar-refractivity contribution in [1.82, 2.24) is 10.2 Å². The Labute approximate surface area is 105 Å². The first-order chi connectivity index (χ1) is 8.04. The normalized spacial score (nSPS) is 39.1. The van der Waals surface area contributed by atoms with Gasteiger partial charge in [0.1, 0.15) is 0 Å². The minimum Gasteiger partial charge on any atom is -0.339 e. The van der Waals surface area contributed by atoms with Gasteiger partial charge in [-0.2, -0.15) is 0 Å². The standard InChI is InChI=1S/C14H26N2O/c1-11-6-4-9-16(12(11)2)13(17)14(3)7-5-8-15-10-14/h11-12,15H,4-10H2,1-3H3. The van der Waals surface area contributed by atoms with E-state index in [1.54, 1.807) is 0 Å². The Hall–Kier alpha value is -0.570. The molecule has 3 heteroatoms. The Bertz CT molecular complexity index is 284. The molecule has 2 aliphatic heterocycles. The maximum atomic E-state index is 12.7. The number of piperidine rings is 2. The minimum atomic E-state index is -0.163. The molecule has 17 heavy (non-hydrogen) atoms. The molecule has 98 valence electrons. The van der Waals surface area contributed by atoms with Crippen molar-refractivity contribution in [3.05, 3.63) is 0 Å². The molecule has 2 heterocycles. The highest BCUT2D eigenvalue weighted by molar-refractivity contribution is 5.83. The highest BCUT2D eigenvalue weighted by Crippen LogP contribution is 2.32. The average Bonchev–Trinajstić information content (AvgIpc) is 2.33. The molecule has 2 aliphatic rings. The van der Waals surface area contributed by atoms with E-state index in [-0.39, 0.29) is 5.41 Å². The maximum Gasteiger partial charge on any atom is 0.230 e. The smallest absolute Gasteiger partial charge is 0.230 e. The van der Waals surface area contributed by atoms with Crippen LogP contribution < -0.4 is 5.32 Å². The molecule has 0 aromatic rings. The molecule has 3 nitrogen and oxygen atoms in total. The molecule has 0 bridgehead atoms. The number of hydrogen-bond donors (Lipinski definition) is 1. The van der Waals surface area contributed by atoms with Gasteiger partial charge < -0.3 is 10.2 Å². The van der Waals surface area contributed by atoms with Gasteiger partial charge in [0.25, 0.3) is 0 Å². The van der Waals surface area contributed by atoms with Gasteiger partial charge in [0.2, 0.25) is 5.91 Å². The van der Waals surface area contributed by atoms with E-state index in [4.69, 9.17) is 0 Å². The summed E-state index contributed by atoms with van der Waals surface area (Å²) in [6, 6.07) is 0.412. The van der Waals surface area contributed by atoms with Crippen molar-refractivity contribution < 1.29 is 4.79 Å². The van der Waals surface area contributed by atoms with Gasteiger partial charge >= 0.3 is 0 Å². The Kier molecular flexibility index (Phi) is 3.76. The molecule has 1 N–H and O–H groups in total. The average molecular weight is 238 g/mol. The first-order valence-electron chi connectivity index (χ1n) is 7.06. The van der Waals surface area contributed by atoms with E-state index < -0.39 is 0 Å². The van der Waals surface area contributed by atoms with Crippen LogP contribution in [0.3, 0.4) is 0 Å². The summed E-state index contributed by atoms with van der Waals surface area (Å²) in [5.74, 6) is 1.02. The van der Waals surface area contributed by atoms with E-state index in [2.05, 4.69) is 31.0 Å². The van der Waals surface area contributed by atoms with E-state index in [9.17, 15) is 4.79 Å². The fourth-order valence-corrected chi connectivity index (χ4v) is 3.21. The summed E-state index contributed by atoms with van der Waals surface area (Å²) in [5, 5.41) is 3.37. The zero-order valence-electron chi connectivity index (χ0n) is 11.5. The van der Waals surface area contributed by atoms with Crippen molar-refractivity contribution in [2.45, 2.75) is 52.5 Å². The minimum absolute atomic E-state index is 0.163. The lowest BCUT2D eigenvalue weighted by Gasteiger charge is -2.44. The fourth-order valence-electron chi connectivity index (χ4n) is 3.21. The summed E-state index contributed by atoms with van der Waals surface area (Å²) in [6.07, 6.45) is 4.59. The summed E-state index contributed by atoms with van der Waals surface area (Å²) in [7, 11) is 0. The van der Waals surface area contributed by atoms with Crippen LogP contribution >= 0.6 is 0 Å². The lowest BCUT2D eigenvalue weighted by molar-refractivity contribution is -0.147. The van der Waals surface area contributed by atoms with E-state index in [0.717, 1.165) is 32.5 Å². The monoisotopic (exact) mass is 238 g/mol. The first kappa shape index (κ1) is 12.9. The van der Waals surface area contributed by atoms with Gasteiger partial charge in [-0.05, 0) is 52.0 Å². The van der Waals surface area contributed by atoms with Crippen LogP contribution in [0.5, 0.6) is 0 Å². The molecular formula is C14H26N2O. The lowest BCUT2D eigenvalue weighted by atomic mass is 9.79. The van der Waals surface area contributed by atoms with Crippen LogP contribution in [0.2, 0.25) is 0 Å². The third kappa shape index (κ3) is 2.49. The number of carbonyl (C=O) groups excluding carboxylic acids is 1. The predicted molar refractivity (Wildman–Crippen MR) is 69.8 cm³/mol. The second kappa shape index (κ2) is 4.97. The van der Waals surface area contributed by atoms with Crippen molar-refractivity contribution >= 4 is 5.91 Å². The Morgan fingerprint density at radius 3 is 2.76 bits per heavy atom. The largest absolute Gasteiger partial charge is 0.339 e. The van der Waals surface area contributed by atoms with Gasteiger partial charge in [-0.3, -0.25) is 4.79 Å². The van der Waals surface area contributed by atoms with Crippen molar-refractivity contribution in [2.75, 3.05) is 19.6 Å². The molecule has 0 aromatic carbocycles. The molecule has 2 saturated heterocycles. The number of hydrogen-bond acceptors (Lipinski definition) is 2. The Morgan fingerprint density at radius 2 is 2.12 bits per heavy atom. The van der Waals surface area contributed by atoms with E-state index in [0.29, 0.717) is 17.9 Å². The molecule has 3 atom stereocenters. The van der Waals surface area contributed by atoms with Crippen molar-refractivity contribution in [1.29, 1.82) is 0 Å². The van der Waals surface area contributed by atoms with Gasteiger partial charge in [-0.1, -0.05) is 6.92 Å². The topological polar surface area (TPSA) is 32.3 Å². The van der Waals surface area contributed by atoms with Gasteiger partial charge in [-0.15, -0.1) is 0 Å². The highest BCUT2D eigenvalue weighted by Gasteiger charge is 2.40. The summed E-state index contributed by atoms with van der Waals surface area (Å²) in [5.41, 5.74) is -0.163. The molecule has 2 rings (SSSR count). The molecule has 0 radical (unpaired) electrons. The van der Waals surface area contributed by atoms with Gasteiger partial charge in [0.15, 0.2) is 0 Å². The zero-order chi connectivity index (χ0) is 12.5. The maximum absolute atomic E-state index is 12.7. The SMILES string of the molecule is CC1CCCN(C(=O)C2(C)CCCNC2)C1C. The first-order valence-corrected chi connectivity index (χ1v) is 7.06. The van der Waals surface area contributed by atoms with Crippen molar-refractivity contribution in [3.63, 3.8) is 0 Å². The van der Waals surface area contributed by atoms with Crippen molar-refractivity contribution in [3.8, 4) is 0 Å². The summed E-state index contributed by atoms with van der Waals surface area (Å²) < 4.78 is 0. The van der Waals surface area contributed by atoms with Crippen LogP contribution in [-0.4, -0.2) is 36.5 Å². The van der Waals surface area contributed by atoms with Crippen LogP contribution in [0.25, 0.3) is 0 Å². The predicted octanol–water partition coefficient (Wildman–Crippen LogP) is 2.02. The van der Waals surface area contributed by atoms with Gasteiger partial charge in [-0.25, -0.2) is 0 Å². The van der Waals surface area contributed by atoms with Crippen LogP contribution in [0.4, 0.5) is 0 Å². The van der Waals surface area contributed by atoms with E-state index in [1.807, 2.05) is 0 Å². The van der Waals surface area contributed by atoms with E-state index >= 15 is 0 Å². The number of rotatable bonds is 1. The summed E-state index contributed by atoms with van der Waals surface area (Å²) in [4.78, 5) is 14.9. The number of amides is 1. The lowest BCUT2D eigenvalue weighted by Crippen LogP contribution is -2.55. The molecule has 1 amide bonds. The molecule has 0 spiro atoms. The number of carbonyl (C=O) groups is 1. The van der Waals surface area contributed by atoms with Crippen molar-refractivity contribution in [2.24, 2.45) is 11.3 Å². The number of nitrogens with zero attached hydrogens (tertiary/aromatic N) is 1. The fraction of sp³-hybridized carbons (Fsp3) is 0.929. The molecular weight excluding hydrogens is 212 g/mol. The highest BCUT2D eigenvalue weighted by atomic mass is 16.2. The second-order valence-corrected chi connectivity index (χ2v) is 6.20. The van der Waals surface area contributed by atoms with Crippen LogP contribution in [0, 0.1) is 11.3 Å². The molecule has 2 fully saturated rings.